The summed E-state index contributed by atoms with van der Waals surface area (Å²) in [5.74, 6) is 0.0755. The van der Waals surface area contributed by atoms with E-state index >= 15 is 0 Å². The van der Waals surface area contributed by atoms with Crippen molar-refractivity contribution in [3.63, 3.8) is 0 Å². The molecule has 1 amide bonds. The molecule has 0 spiro atoms. The number of nitrogens with one attached hydrogen (secondary N) is 2. The van der Waals surface area contributed by atoms with Crippen LogP contribution in [-0.4, -0.2) is 25.0 Å². The maximum atomic E-state index is 12.0. The molecule has 0 bridgehead atoms. The molecule has 2 N–H and O–H groups in total. The summed E-state index contributed by atoms with van der Waals surface area (Å²) in [4.78, 5) is 14.1. The summed E-state index contributed by atoms with van der Waals surface area (Å²) in [6.07, 6.45) is 3.40. The van der Waals surface area contributed by atoms with Crippen molar-refractivity contribution in [3.05, 3.63) is 21.4 Å². The van der Waals surface area contributed by atoms with Crippen LogP contribution in [0.5, 0.6) is 0 Å². The van der Waals surface area contributed by atoms with Gasteiger partial charge in [-0.25, -0.2) is 0 Å². The lowest BCUT2D eigenvalue weighted by molar-refractivity contribution is 0.0954. The van der Waals surface area contributed by atoms with Crippen molar-refractivity contribution in [1.29, 1.82) is 0 Å². The molecule has 2 rings (SSSR count). The van der Waals surface area contributed by atoms with Crippen LogP contribution in [-0.2, 0) is 6.42 Å². The van der Waals surface area contributed by atoms with Crippen molar-refractivity contribution < 1.29 is 4.79 Å². The molecule has 1 unspecified atom stereocenters. The third-order valence-electron chi connectivity index (χ3n) is 3.24. The Bertz CT molecular complexity index is 400. The molecule has 1 aromatic heterocycles. The predicted molar refractivity (Wildman–Crippen MR) is 79.0 cm³/mol. The summed E-state index contributed by atoms with van der Waals surface area (Å²) in [5.41, 5.74) is 1.24. The fraction of sp³-hybridized carbons (Fsp3) is 0.615. The zero-order valence-corrected chi connectivity index (χ0v) is 12.5. The molecule has 1 saturated heterocycles. The van der Waals surface area contributed by atoms with Crippen LogP contribution in [0.4, 0.5) is 0 Å². The van der Waals surface area contributed by atoms with E-state index in [0.717, 1.165) is 24.4 Å². The standard InChI is InChI=1S/C13H20N2OS.ClH/c1-3-11-9(2)7-12(17-11)13(16)15-8-10-5-4-6-14-10;/h7,10,14H,3-6,8H2,1-2H3,(H,15,16);1H. The Morgan fingerprint density at radius 2 is 2.39 bits per heavy atom. The molecule has 0 radical (unpaired) electrons. The maximum Gasteiger partial charge on any atom is 0.261 e. The minimum absolute atomic E-state index is 0. The van der Waals surface area contributed by atoms with Gasteiger partial charge in [0.25, 0.3) is 5.91 Å². The maximum absolute atomic E-state index is 12.0. The molecule has 1 aliphatic heterocycles. The van der Waals surface area contributed by atoms with Crippen LogP contribution in [0.15, 0.2) is 6.07 Å². The average molecular weight is 289 g/mol. The van der Waals surface area contributed by atoms with E-state index in [1.165, 1.54) is 23.3 Å². The highest BCUT2D eigenvalue weighted by Gasteiger charge is 2.16. The molecule has 1 fully saturated rings. The molecule has 102 valence electrons. The van der Waals surface area contributed by atoms with E-state index in [0.29, 0.717) is 6.04 Å². The highest BCUT2D eigenvalue weighted by atomic mass is 35.5. The molecule has 0 aliphatic carbocycles. The van der Waals surface area contributed by atoms with Gasteiger partial charge < -0.3 is 10.6 Å². The van der Waals surface area contributed by atoms with Crippen LogP contribution in [0, 0.1) is 6.92 Å². The lowest BCUT2D eigenvalue weighted by atomic mass is 10.2. The van der Waals surface area contributed by atoms with Crippen LogP contribution in [0.25, 0.3) is 0 Å². The second kappa shape index (κ2) is 7.12. The van der Waals surface area contributed by atoms with Gasteiger partial charge in [0, 0.05) is 17.5 Å². The van der Waals surface area contributed by atoms with E-state index in [1.54, 1.807) is 11.3 Å². The molecule has 1 aromatic rings. The molecular formula is C13H21ClN2OS. The molecule has 3 nitrogen and oxygen atoms in total. The number of aryl methyl sites for hydroxylation is 2. The third kappa shape index (κ3) is 3.70. The minimum atomic E-state index is 0. The smallest absolute Gasteiger partial charge is 0.261 e. The van der Waals surface area contributed by atoms with E-state index in [1.807, 2.05) is 6.07 Å². The number of hydrogen-bond acceptors (Lipinski definition) is 3. The molecule has 5 heteroatoms. The van der Waals surface area contributed by atoms with E-state index < -0.39 is 0 Å². The molecule has 0 aromatic carbocycles. The molecule has 1 atom stereocenters. The first-order valence-corrected chi connectivity index (χ1v) is 7.13. The monoisotopic (exact) mass is 288 g/mol. The van der Waals surface area contributed by atoms with Gasteiger partial charge in [-0.15, -0.1) is 23.7 Å². The quantitative estimate of drug-likeness (QED) is 0.894. The first kappa shape index (κ1) is 15.5. The zero-order chi connectivity index (χ0) is 12.3. The van der Waals surface area contributed by atoms with E-state index in [-0.39, 0.29) is 18.3 Å². The van der Waals surface area contributed by atoms with E-state index in [4.69, 9.17) is 0 Å². The molecular weight excluding hydrogens is 268 g/mol. The van der Waals surface area contributed by atoms with Gasteiger partial charge in [-0.3, -0.25) is 4.79 Å². The highest BCUT2D eigenvalue weighted by molar-refractivity contribution is 7.14. The first-order valence-electron chi connectivity index (χ1n) is 6.31. The van der Waals surface area contributed by atoms with Gasteiger partial charge in [-0.05, 0) is 44.4 Å². The SMILES string of the molecule is CCc1sc(C(=O)NCC2CCCN2)cc1C.Cl. The summed E-state index contributed by atoms with van der Waals surface area (Å²) in [6.45, 7) is 6.03. The summed E-state index contributed by atoms with van der Waals surface area (Å²) < 4.78 is 0. The summed E-state index contributed by atoms with van der Waals surface area (Å²) in [6, 6.07) is 2.46. The molecule has 0 saturated carbocycles. The van der Waals surface area contributed by atoms with Gasteiger partial charge in [0.15, 0.2) is 0 Å². The first-order chi connectivity index (χ1) is 8.20. The Morgan fingerprint density at radius 3 is 2.94 bits per heavy atom. The van der Waals surface area contributed by atoms with E-state index in [2.05, 4.69) is 24.5 Å². The van der Waals surface area contributed by atoms with Gasteiger partial charge in [0.05, 0.1) is 4.88 Å². The van der Waals surface area contributed by atoms with Crippen molar-refractivity contribution in [2.75, 3.05) is 13.1 Å². The summed E-state index contributed by atoms with van der Waals surface area (Å²) >= 11 is 1.62. The second-order valence-corrected chi connectivity index (χ2v) is 5.71. The van der Waals surface area contributed by atoms with Gasteiger partial charge in [0.2, 0.25) is 0 Å². The Morgan fingerprint density at radius 1 is 1.61 bits per heavy atom. The van der Waals surface area contributed by atoms with Gasteiger partial charge in [0.1, 0.15) is 0 Å². The number of carbonyl (C=O) groups excluding carboxylic acids is 1. The number of rotatable bonds is 4. The van der Waals surface area contributed by atoms with Gasteiger partial charge in [-0.2, -0.15) is 0 Å². The predicted octanol–water partition coefficient (Wildman–Crippen LogP) is 2.52. The third-order valence-corrected chi connectivity index (χ3v) is 4.62. The Labute approximate surface area is 119 Å². The van der Waals surface area contributed by atoms with Crippen molar-refractivity contribution in [2.24, 2.45) is 0 Å². The Hall–Kier alpha value is -0.580. The number of carbonyl (C=O) groups is 1. The molecule has 1 aliphatic rings. The van der Waals surface area contributed by atoms with Gasteiger partial charge >= 0.3 is 0 Å². The average Bonchev–Trinajstić information content (AvgIpc) is 2.94. The lowest BCUT2D eigenvalue weighted by Gasteiger charge is -2.10. The second-order valence-electron chi connectivity index (χ2n) is 4.57. The summed E-state index contributed by atoms with van der Waals surface area (Å²) in [7, 11) is 0. The minimum Gasteiger partial charge on any atom is -0.350 e. The molecule has 18 heavy (non-hydrogen) atoms. The van der Waals surface area contributed by atoms with Crippen LogP contribution in [0.2, 0.25) is 0 Å². The van der Waals surface area contributed by atoms with Crippen molar-refractivity contribution in [2.45, 2.75) is 39.2 Å². The lowest BCUT2D eigenvalue weighted by Crippen LogP contribution is -2.36. The largest absolute Gasteiger partial charge is 0.350 e. The van der Waals surface area contributed by atoms with E-state index in [9.17, 15) is 4.79 Å². The van der Waals surface area contributed by atoms with Crippen LogP contribution < -0.4 is 10.6 Å². The molecule has 2 heterocycles. The number of halogens is 1. The van der Waals surface area contributed by atoms with Gasteiger partial charge in [-0.1, -0.05) is 6.92 Å². The fourth-order valence-electron chi connectivity index (χ4n) is 2.22. The van der Waals surface area contributed by atoms with Crippen LogP contribution in [0.3, 0.4) is 0 Å². The van der Waals surface area contributed by atoms with Crippen LogP contribution >= 0.6 is 23.7 Å². The topological polar surface area (TPSA) is 41.1 Å². The fourth-order valence-corrected chi connectivity index (χ4v) is 3.25. The Balaban J connectivity index is 0.00000162. The summed E-state index contributed by atoms with van der Waals surface area (Å²) in [5, 5.41) is 6.39. The normalized spacial score (nSPS) is 18.4. The Kier molecular flexibility index (Phi) is 6.12. The van der Waals surface area contributed by atoms with Crippen molar-refractivity contribution in [1.82, 2.24) is 10.6 Å². The number of thiophene rings is 1. The number of amides is 1. The number of hydrogen-bond donors (Lipinski definition) is 2. The zero-order valence-electron chi connectivity index (χ0n) is 10.9. The van der Waals surface area contributed by atoms with Crippen molar-refractivity contribution in [3.8, 4) is 0 Å². The highest BCUT2D eigenvalue weighted by Crippen LogP contribution is 2.22. The van der Waals surface area contributed by atoms with Crippen LogP contribution in [0.1, 0.15) is 39.9 Å². The van der Waals surface area contributed by atoms with Crippen molar-refractivity contribution >= 4 is 29.7 Å².